The Morgan fingerprint density at radius 3 is 2.65 bits per heavy atom. The van der Waals surface area contributed by atoms with Gasteiger partial charge >= 0.3 is 108 Å². The fourth-order valence-corrected chi connectivity index (χ4v) is 3.56. The molecule has 0 bridgehead atoms. The molecule has 1 aliphatic rings. The molecule has 3 heteroatoms. The van der Waals surface area contributed by atoms with Crippen LogP contribution in [0.4, 0.5) is 0 Å². The molecule has 0 saturated carbocycles. The second kappa shape index (κ2) is 4.24. The summed E-state index contributed by atoms with van der Waals surface area (Å²) in [4.78, 5) is 12.6. The predicted octanol–water partition coefficient (Wildman–Crippen LogP) is 2.72. The topological polar surface area (TPSA) is 17.1 Å². The van der Waals surface area contributed by atoms with E-state index in [0.29, 0.717) is 0 Å². The van der Waals surface area contributed by atoms with E-state index < -0.39 is 12.1 Å². The maximum absolute atomic E-state index is 10.7. The van der Waals surface area contributed by atoms with Crippen molar-refractivity contribution in [3.8, 4) is 11.1 Å². The number of rotatable bonds is 1. The normalized spacial score (nSPS) is 12.6. The zero-order valence-electron chi connectivity index (χ0n) is 8.85. The number of halogens is 1. The molecular weight excluding hydrogens is 278 g/mol. The summed E-state index contributed by atoms with van der Waals surface area (Å²) in [5.74, 6) is 0. The summed E-state index contributed by atoms with van der Waals surface area (Å²) >= 11 is -1.08. The van der Waals surface area contributed by atoms with Crippen molar-refractivity contribution < 1.29 is 16.9 Å². The van der Waals surface area contributed by atoms with Crippen molar-refractivity contribution in [3.05, 3.63) is 53.6 Å². The molecule has 0 amide bonds. The van der Waals surface area contributed by atoms with Gasteiger partial charge in [0.25, 0.3) is 0 Å². The molecule has 88 valence electrons. The Hall–Kier alpha value is -1.20. The molecule has 0 unspecified atom stereocenters. The molecule has 0 heterocycles. The summed E-state index contributed by atoms with van der Waals surface area (Å²) < 4.78 is 0.926. The van der Waals surface area contributed by atoms with Gasteiger partial charge in [-0.25, -0.2) is 0 Å². The summed E-state index contributed by atoms with van der Waals surface area (Å²) in [6.07, 6.45) is 0.864. The van der Waals surface area contributed by atoms with Crippen LogP contribution in [0.3, 0.4) is 0 Å². The number of benzene rings is 2. The molecule has 0 radical (unpaired) electrons. The average Bonchev–Trinajstić information content (AvgIpc) is 2.76. The van der Waals surface area contributed by atoms with E-state index in [-0.39, 0.29) is 0 Å². The average molecular weight is 287 g/mol. The Morgan fingerprint density at radius 2 is 1.82 bits per heavy atom. The third kappa shape index (κ3) is 1.70. The van der Waals surface area contributed by atoms with Crippen LogP contribution in [0.2, 0.25) is 0 Å². The van der Waals surface area contributed by atoms with Crippen LogP contribution in [0, 0.1) is 0 Å². The Morgan fingerprint density at radius 1 is 1.06 bits per heavy atom. The maximum atomic E-state index is 10.7. The molecule has 0 saturated heterocycles. The molecule has 0 aromatic heterocycles. The van der Waals surface area contributed by atoms with E-state index in [1.807, 2.05) is 29.1 Å². The zero-order chi connectivity index (χ0) is 11.8. The molecule has 1 aliphatic carbocycles. The van der Waals surface area contributed by atoms with E-state index in [2.05, 4.69) is 18.2 Å². The number of hydrogen-bond donors (Lipinski definition) is 0. The Bertz CT molecular complexity index is 657. The third-order valence-electron chi connectivity index (χ3n) is 2.97. The van der Waals surface area contributed by atoms with Crippen LogP contribution in [0.5, 0.6) is 0 Å². The van der Waals surface area contributed by atoms with E-state index >= 15 is 0 Å². The molecule has 2 aromatic rings. The molecule has 0 N–H and O–H groups in total. The van der Waals surface area contributed by atoms with Crippen LogP contribution in [0.15, 0.2) is 42.5 Å². The number of hydrogen-bond acceptors (Lipinski definition) is 1. The van der Waals surface area contributed by atoms with E-state index in [1.165, 1.54) is 22.3 Å². The minimum atomic E-state index is -1.08. The van der Waals surface area contributed by atoms with E-state index in [0.717, 1.165) is 11.0 Å². The molecule has 0 atom stereocenters. The molecule has 17 heavy (non-hydrogen) atoms. The minimum absolute atomic E-state index is 0.864. The van der Waals surface area contributed by atoms with Gasteiger partial charge in [0.05, 0.1) is 0 Å². The first-order valence-corrected chi connectivity index (χ1v) is 7.51. The van der Waals surface area contributed by atoms with E-state index in [4.69, 9.17) is 10.2 Å². The van der Waals surface area contributed by atoms with Crippen molar-refractivity contribution in [1.82, 2.24) is 0 Å². The van der Waals surface area contributed by atoms with Crippen molar-refractivity contribution in [2.45, 2.75) is 6.42 Å². The first-order chi connectivity index (χ1) is 8.31. The summed E-state index contributed by atoms with van der Waals surface area (Å²) in [5, 5.41) is 0. The van der Waals surface area contributed by atoms with Gasteiger partial charge < -0.3 is 0 Å². The first-order valence-electron chi connectivity index (χ1n) is 5.17. The number of carbonyl (C=O) groups excluding carboxylic acids is 1. The molecule has 0 aliphatic heterocycles. The molecule has 2 aromatic carbocycles. The van der Waals surface area contributed by atoms with Crippen LogP contribution < -0.4 is 4.53 Å². The van der Waals surface area contributed by atoms with Gasteiger partial charge in [-0.1, -0.05) is 0 Å². The van der Waals surface area contributed by atoms with Gasteiger partial charge in [0.1, 0.15) is 0 Å². The summed E-state index contributed by atoms with van der Waals surface area (Å²) in [5.41, 5.74) is 4.94. The molecule has 1 nitrogen and oxygen atoms in total. The Kier molecular flexibility index (Phi) is 2.72. The molecular formula is C14H9ClNiO. The molecule has 3 rings (SSSR count). The SMILES string of the molecule is O=[C]=[Ni]([Cl])[c]1cccc2c1Cc1ccccc1-2. The fourth-order valence-electron chi connectivity index (χ4n) is 2.26. The molecule has 0 fully saturated rings. The second-order valence-electron chi connectivity index (χ2n) is 3.83. The Balaban J connectivity index is 2.28. The van der Waals surface area contributed by atoms with Crippen molar-refractivity contribution in [3.63, 3.8) is 0 Å². The zero-order valence-corrected chi connectivity index (χ0v) is 10.6. The van der Waals surface area contributed by atoms with Crippen molar-refractivity contribution in [2.75, 3.05) is 0 Å². The van der Waals surface area contributed by atoms with Crippen LogP contribution in [0.1, 0.15) is 11.1 Å². The van der Waals surface area contributed by atoms with Gasteiger partial charge in [0.2, 0.25) is 0 Å². The van der Waals surface area contributed by atoms with Crippen LogP contribution in [0.25, 0.3) is 11.1 Å². The van der Waals surface area contributed by atoms with Crippen molar-refractivity contribution >= 4 is 19.6 Å². The van der Waals surface area contributed by atoms with Crippen molar-refractivity contribution in [2.24, 2.45) is 0 Å². The van der Waals surface area contributed by atoms with Gasteiger partial charge in [0.15, 0.2) is 0 Å². The van der Waals surface area contributed by atoms with E-state index in [1.54, 1.807) is 0 Å². The molecule has 0 spiro atoms. The second-order valence-corrected chi connectivity index (χ2v) is 6.17. The standard InChI is InChI=1S/C13H9.CO.ClH.Ni/c1-3-7-12-10(5-1)9-11-6-2-4-8-13(11)12;1-2;;/h1-5,7-8H,9H2;;1H;/q;;;+1/p-1. The first kappa shape index (κ1) is 10.9. The Labute approximate surface area is 107 Å². The quantitative estimate of drug-likeness (QED) is 0.629. The van der Waals surface area contributed by atoms with Gasteiger partial charge in [-0.3, -0.25) is 0 Å². The van der Waals surface area contributed by atoms with Crippen LogP contribution in [-0.4, -0.2) is 4.86 Å². The van der Waals surface area contributed by atoms with Crippen molar-refractivity contribution in [1.29, 1.82) is 0 Å². The van der Waals surface area contributed by atoms with Gasteiger partial charge in [-0.2, -0.15) is 0 Å². The summed E-state index contributed by atoms with van der Waals surface area (Å²) in [7, 11) is 6.04. The summed E-state index contributed by atoms with van der Waals surface area (Å²) in [6.45, 7) is 0. The van der Waals surface area contributed by atoms with Crippen LogP contribution in [-0.2, 0) is 23.3 Å². The van der Waals surface area contributed by atoms with Crippen LogP contribution >= 0.6 is 10.2 Å². The number of fused-ring (bicyclic) bond motifs is 3. The predicted molar refractivity (Wildman–Crippen MR) is 65.9 cm³/mol. The van der Waals surface area contributed by atoms with Gasteiger partial charge in [-0.05, 0) is 0 Å². The summed E-state index contributed by atoms with van der Waals surface area (Å²) in [6, 6.07) is 14.3. The van der Waals surface area contributed by atoms with Gasteiger partial charge in [0, 0.05) is 0 Å². The monoisotopic (exact) mass is 286 g/mol. The van der Waals surface area contributed by atoms with Gasteiger partial charge in [-0.15, -0.1) is 0 Å². The van der Waals surface area contributed by atoms with E-state index in [9.17, 15) is 4.79 Å². The fraction of sp³-hybridized carbons (Fsp3) is 0.0714. The third-order valence-corrected chi connectivity index (χ3v) is 4.81.